The van der Waals surface area contributed by atoms with Crippen molar-refractivity contribution in [2.24, 2.45) is 0 Å². The fourth-order valence-corrected chi connectivity index (χ4v) is 1.13. The maximum atomic E-state index is 3.88. The lowest BCUT2D eigenvalue weighted by Gasteiger charge is -2.11. The second-order valence-corrected chi connectivity index (χ2v) is 2.85. The van der Waals surface area contributed by atoms with Crippen LogP contribution in [0.4, 0.5) is 0 Å². The molecule has 0 heterocycles. The van der Waals surface area contributed by atoms with E-state index in [4.69, 9.17) is 0 Å². The zero-order valence-corrected chi connectivity index (χ0v) is 6.86. The monoisotopic (exact) mass is 133 g/mol. The Balaban J connectivity index is 3.31. The minimum Gasteiger partial charge on any atom is -0.199 e. The Bertz CT molecular complexity index is 223. The summed E-state index contributed by atoms with van der Waals surface area (Å²) < 4.78 is 0. The van der Waals surface area contributed by atoms with Crippen LogP contribution < -0.4 is 0 Å². The van der Waals surface area contributed by atoms with Crippen LogP contribution in [0.5, 0.6) is 0 Å². The molecule has 1 rings (SSSR count). The van der Waals surface area contributed by atoms with Gasteiger partial charge in [0.25, 0.3) is 0 Å². The first-order chi connectivity index (χ1) is 4.61. The van der Waals surface area contributed by atoms with Gasteiger partial charge in [-0.1, -0.05) is 19.4 Å². The largest absolute Gasteiger partial charge is 0.199 e. The van der Waals surface area contributed by atoms with Crippen molar-refractivity contribution >= 4 is 0 Å². The van der Waals surface area contributed by atoms with Crippen molar-refractivity contribution < 1.29 is 0 Å². The first kappa shape index (κ1) is 7.20. The van der Waals surface area contributed by atoms with Gasteiger partial charge in [0.05, 0.1) is 0 Å². The van der Waals surface area contributed by atoms with Crippen LogP contribution in [-0.4, -0.2) is 0 Å². The van der Waals surface area contributed by atoms with Crippen molar-refractivity contribution in [1.82, 2.24) is 0 Å². The van der Waals surface area contributed by atoms with Gasteiger partial charge >= 0.3 is 0 Å². The summed E-state index contributed by atoms with van der Waals surface area (Å²) in [7, 11) is 0. The van der Waals surface area contributed by atoms with Crippen LogP contribution >= 0.6 is 0 Å². The molecule has 0 spiro atoms. The number of hydrogen-bond acceptors (Lipinski definition) is 0. The highest BCUT2D eigenvalue weighted by molar-refractivity contribution is 5.37. The van der Waals surface area contributed by atoms with E-state index < -0.39 is 0 Å². The van der Waals surface area contributed by atoms with Gasteiger partial charge in [0.2, 0.25) is 0 Å². The fraction of sp³-hybridized carbons (Fsp3) is 0.300. The van der Waals surface area contributed by atoms with E-state index in [1.165, 1.54) is 16.7 Å². The van der Waals surface area contributed by atoms with Crippen LogP contribution in [0, 0.1) is 27.7 Å². The van der Waals surface area contributed by atoms with Crippen LogP contribution in [0.15, 0.2) is 12.1 Å². The maximum Gasteiger partial charge on any atom is -0.0413 e. The van der Waals surface area contributed by atoms with Crippen molar-refractivity contribution in [3.63, 3.8) is 0 Å². The highest BCUT2D eigenvalue weighted by atomic mass is 14.0. The van der Waals surface area contributed by atoms with E-state index >= 15 is 0 Å². The first-order valence-corrected chi connectivity index (χ1v) is 3.51. The minimum atomic E-state index is 1.11. The van der Waals surface area contributed by atoms with Crippen LogP contribution in [0.3, 0.4) is 0 Å². The van der Waals surface area contributed by atoms with E-state index in [2.05, 4.69) is 39.8 Å². The average molecular weight is 133 g/mol. The van der Waals surface area contributed by atoms with Crippen LogP contribution in [0.1, 0.15) is 22.3 Å². The molecule has 0 heteroatoms. The zero-order valence-electron chi connectivity index (χ0n) is 6.86. The third-order valence-electron chi connectivity index (χ3n) is 1.99. The van der Waals surface area contributed by atoms with Gasteiger partial charge in [-0.3, -0.25) is 0 Å². The van der Waals surface area contributed by atoms with E-state index in [1.807, 2.05) is 0 Å². The molecule has 0 aliphatic rings. The van der Waals surface area contributed by atoms with Crippen molar-refractivity contribution in [2.75, 3.05) is 0 Å². The Morgan fingerprint density at radius 1 is 1.00 bits per heavy atom. The average Bonchev–Trinajstić information content (AvgIpc) is 1.82. The quantitative estimate of drug-likeness (QED) is 0.477. The topological polar surface area (TPSA) is 0 Å². The molecule has 0 saturated carbocycles. The van der Waals surface area contributed by atoms with Crippen molar-refractivity contribution in [1.29, 1.82) is 0 Å². The summed E-state index contributed by atoms with van der Waals surface area (Å²) in [6.07, 6.45) is 0. The van der Waals surface area contributed by atoms with Gasteiger partial charge < -0.3 is 0 Å². The van der Waals surface area contributed by atoms with Gasteiger partial charge in [0, 0.05) is 0 Å². The lowest BCUT2D eigenvalue weighted by Crippen LogP contribution is -1.86. The molecule has 1 aromatic rings. The molecule has 0 nitrogen and oxygen atoms in total. The molecular weight excluding hydrogens is 120 g/mol. The van der Waals surface area contributed by atoms with Crippen molar-refractivity contribution in [3.05, 3.63) is 41.3 Å². The zero-order chi connectivity index (χ0) is 7.72. The predicted octanol–water partition coefficient (Wildman–Crippen LogP) is 2.79. The Labute approximate surface area is 62.9 Å². The lowest BCUT2D eigenvalue weighted by atomic mass is 10.0. The summed E-state index contributed by atoms with van der Waals surface area (Å²) in [5, 5.41) is 0. The molecule has 54 valence electrons. The van der Waals surface area contributed by atoms with Gasteiger partial charge in [-0.15, -0.1) is 11.1 Å². The SMILES string of the molecule is [CH2-]c1cc(C)c(C)c(C)c1. The van der Waals surface area contributed by atoms with Crippen molar-refractivity contribution in [3.8, 4) is 0 Å². The van der Waals surface area contributed by atoms with Crippen LogP contribution in [-0.2, 0) is 0 Å². The molecular formula is C10H13-. The summed E-state index contributed by atoms with van der Waals surface area (Å²) in [6, 6.07) is 4.23. The standard InChI is InChI=1S/C10H13/c1-7-5-8(2)10(4)9(3)6-7/h5-6H,1H2,2-4H3/q-1. The van der Waals surface area contributed by atoms with Crippen LogP contribution in [0.25, 0.3) is 0 Å². The summed E-state index contributed by atoms with van der Waals surface area (Å²) in [4.78, 5) is 0. The van der Waals surface area contributed by atoms with E-state index in [1.54, 1.807) is 0 Å². The first-order valence-electron chi connectivity index (χ1n) is 3.51. The summed E-state index contributed by atoms with van der Waals surface area (Å²) >= 11 is 0. The Morgan fingerprint density at radius 2 is 1.40 bits per heavy atom. The van der Waals surface area contributed by atoms with E-state index in [9.17, 15) is 0 Å². The molecule has 0 saturated heterocycles. The normalized spacial score (nSPS) is 9.90. The van der Waals surface area contributed by atoms with Gasteiger partial charge in [0.1, 0.15) is 0 Å². The predicted molar refractivity (Wildman–Crippen MR) is 45.1 cm³/mol. The molecule has 1 aromatic carbocycles. The van der Waals surface area contributed by atoms with Crippen molar-refractivity contribution in [2.45, 2.75) is 20.8 Å². The highest BCUT2D eigenvalue weighted by Gasteiger charge is 1.89. The van der Waals surface area contributed by atoms with E-state index in [0.717, 1.165) is 5.56 Å². The molecule has 0 unspecified atom stereocenters. The third-order valence-corrected chi connectivity index (χ3v) is 1.99. The van der Waals surface area contributed by atoms with Gasteiger partial charge in [-0.2, -0.15) is 24.6 Å². The van der Waals surface area contributed by atoms with E-state index in [-0.39, 0.29) is 0 Å². The Hall–Kier alpha value is -0.910. The smallest absolute Gasteiger partial charge is 0.0413 e. The Kier molecular flexibility index (Phi) is 1.71. The number of aryl methyl sites for hydroxylation is 2. The molecule has 0 radical (unpaired) electrons. The number of benzene rings is 1. The molecule has 0 aromatic heterocycles. The second kappa shape index (κ2) is 2.37. The fourth-order valence-electron chi connectivity index (χ4n) is 1.13. The third kappa shape index (κ3) is 1.15. The molecule has 0 N–H and O–H groups in total. The van der Waals surface area contributed by atoms with E-state index in [0.29, 0.717) is 0 Å². The van der Waals surface area contributed by atoms with Gasteiger partial charge in [-0.05, 0) is 6.92 Å². The molecule has 0 aliphatic carbocycles. The summed E-state index contributed by atoms with van der Waals surface area (Å²) in [5.74, 6) is 0. The highest BCUT2D eigenvalue weighted by Crippen LogP contribution is 2.13. The maximum absolute atomic E-state index is 3.88. The molecule has 0 bridgehead atoms. The molecule has 0 aliphatic heterocycles. The van der Waals surface area contributed by atoms with Gasteiger partial charge in [-0.25, -0.2) is 0 Å². The molecule has 0 amide bonds. The summed E-state index contributed by atoms with van der Waals surface area (Å²) in [6.45, 7) is 10.3. The summed E-state index contributed by atoms with van der Waals surface area (Å²) in [5.41, 5.74) is 5.17. The number of hydrogen-bond donors (Lipinski definition) is 0. The molecule has 0 atom stereocenters. The molecule has 10 heavy (non-hydrogen) atoms. The van der Waals surface area contributed by atoms with Crippen LogP contribution in [0.2, 0.25) is 0 Å². The van der Waals surface area contributed by atoms with Gasteiger partial charge in [0.15, 0.2) is 0 Å². The minimum absolute atomic E-state index is 1.11. The second-order valence-electron chi connectivity index (χ2n) is 2.85. The number of rotatable bonds is 0. The Morgan fingerprint density at radius 3 is 1.80 bits per heavy atom. The lowest BCUT2D eigenvalue weighted by molar-refractivity contribution is 1.25. The molecule has 0 fully saturated rings.